The first-order chi connectivity index (χ1) is 14.8. The zero-order valence-corrected chi connectivity index (χ0v) is 18.4. The molecule has 0 saturated carbocycles. The van der Waals surface area contributed by atoms with Crippen molar-refractivity contribution >= 4 is 56.4 Å². The predicted molar refractivity (Wildman–Crippen MR) is 121 cm³/mol. The Hall–Kier alpha value is -3.28. The molecule has 12 heteroatoms. The second-order valence-electron chi connectivity index (χ2n) is 5.96. The first kappa shape index (κ1) is 22.4. The third-order valence-electron chi connectivity index (χ3n) is 3.86. The number of rotatable bonds is 6. The van der Waals surface area contributed by atoms with E-state index < -0.39 is 15.9 Å². The van der Waals surface area contributed by atoms with Gasteiger partial charge in [-0.3, -0.25) is 14.8 Å². The summed E-state index contributed by atoms with van der Waals surface area (Å²) in [5.41, 5.74) is 0.759. The lowest BCUT2D eigenvalue weighted by atomic mass is 10.2. The van der Waals surface area contributed by atoms with Crippen LogP contribution < -0.4 is 20.1 Å². The van der Waals surface area contributed by atoms with Crippen molar-refractivity contribution in [1.29, 1.82) is 0 Å². The van der Waals surface area contributed by atoms with Crippen molar-refractivity contribution in [1.82, 2.24) is 15.3 Å². The van der Waals surface area contributed by atoms with Crippen LogP contribution in [0, 0.1) is 0 Å². The Morgan fingerprint density at radius 2 is 1.81 bits per heavy atom. The van der Waals surface area contributed by atoms with Crippen molar-refractivity contribution in [2.24, 2.45) is 0 Å². The third kappa shape index (κ3) is 5.87. The van der Waals surface area contributed by atoms with Crippen LogP contribution in [0.2, 0.25) is 5.02 Å². The van der Waals surface area contributed by atoms with Gasteiger partial charge in [-0.25, -0.2) is 18.4 Å². The van der Waals surface area contributed by atoms with E-state index >= 15 is 0 Å². The fourth-order valence-electron chi connectivity index (χ4n) is 2.40. The topological polar surface area (TPSA) is 122 Å². The number of benzene rings is 2. The van der Waals surface area contributed by atoms with Crippen LogP contribution >= 0.6 is 23.8 Å². The van der Waals surface area contributed by atoms with Crippen LogP contribution in [0.25, 0.3) is 0 Å². The summed E-state index contributed by atoms with van der Waals surface area (Å²) in [4.78, 5) is 19.9. The number of thiocarbonyl (C=S) groups is 1. The smallest absolute Gasteiger partial charge is 0.263 e. The zero-order chi connectivity index (χ0) is 22.4. The zero-order valence-electron chi connectivity index (χ0n) is 16.0. The van der Waals surface area contributed by atoms with Crippen LogP contribution in [0.3, 0.4) is 0 Å². The molecule has 3 rings (SSSR count). The highest BCUT2D eigenvalue weighted by atomic mass is 35.5. The Labute approximate surface area is 188 Å². The number of anilines is 2. The maximum Gasteiger partial charge on any atom is 0.263 e. The molecule has 0 aliphatic carbocycles. The molecule has 3 aromatic rings. The quantitative estimate of drug-likeness (QED) is 0.463. The van der Waals surface area contributed by atoms with Gasteiger partial charge in [-0.15, -0.1) is 0 Å². The van der Waals surface area contributed by atoms with Crippen molar-refractivity contribution in [3.8, 4) is 5.88 Å². The van der Waals surface area contributed by atoms with Crippen LogP contribution in [-0.2, 0) is 10.0 Å². The van der Waals surface area contributed by atoms with Crippen LogP contribution in [0.1, 0.15) is 10.4 Å². The summed E-state index contributed by atoms with van der Waals surface area (Å²) in [5.74, 6) is -0.177. The number of amides is 1. The summed E-state index contributed by atoms with van der Waals surface area (Å²) in [5, 5.41) is 5.66. The van der Waals surface area contributed by atoms with Crippen molar-refractivity contribution in [2.45, 2.75) is 4.90 Å². The molecule has 0 aliphatic rings. The van der Waals surface area contributed by atoms with Crippen LogP contribution in [-0.4, -0.2) is 36.5 Å². The van der Waals surface area contributed by atoms with Crippen LogP contribution in [0.5, 0.6) is 5.88 Å². The summed E-state index contributed by atoms with van der Waals surface area (Å²) in [6, 6.07) is 13.7. The minimum Gasteiger partial charge on any atom is -0.481 e. The molecule has 0 radical (unpaired) electrons. The normalized spacial score (nSPS) is 10.8. The van der Waals surface area contributed by atoms with E-state index in [1.54, 1.807) is 24.3 Å². The van der Waals surface area contributed by atoms with Crippen molar-refractivity contribution in [3.05, 3.63) is 71.5 Å². The lowest BCUT2D eigenvalue weighted by molar-refractivity contribution is 0.0978. The number of nitrogens with zero attached hydrogens (tertiary/aromatic N) is 2. The van der Waals surface area contributed by atoms with Crippen LogP contribution in [0.4, 0.5) is 11.5 Å². The Morgan fingerprint density at radius 3 is 2.48 bits per heavy atom. The summed E-state index contributed by atoms with van der Waals surface area (Å²) in [6.45, 7) is 0. The van der Waals surface area contributed by atoms with E-state index in [0.29, 0.717) is 10.7 Å². The maximum atomic E-state index is 12.5. The van der Waals surface area contributed by atoms with E-state index in [2.05, 4.69) is 25.3 Å². The molecule has 160 valence electrons. The van der Waals surface area contributed by atoms with Crippen LogP contribution in [0.15, 0.2) is 65.8 Å². The first-order valence-electron chi connectivity index (χ1n) is 8.64. The highest BCUT2D eigenvalue weighted by Gasteiger charge is 2.16. The maximum absolute atomic E-state index is 12.5. The summed E-state index contributed by atoms with van der Waals surface area (Å²) in [6.07, 6.45) is 1.18. The molecule has 0 fully saturated rings. The standard InChI is InChI=1S/C19H16ClN5O4S2/c1-29-17-10-16(21-11-22-17)25-31(27,28)13-8-6-12(7-9-13)23-19(30)24-18(26)14-4-2-3-5-15(14)20/h2-11H,1H3,(H,21,22,25)(H2,23,24,26,30). The van der Waals surface area contributed by atoms with Gasteiger partial charge in [0.25, 0.3) is 15.9 Å². The predicted octanol–water partition coefficient (Wildman–Crippen LogP) is 3.07. The van der Waals surface area contributed by atoms with Gasteiger partial charge in [-0.1, -0.05) is 23.7 Å². The second kappa shape index (κ2) is 9.69. The van der Waals surface area contributed by atoms with E-state index in [0.717, 1.165) is 0 Å². The lowest BCUT2D eigenvalue weighted by Crippen LogP contribution is -2.34. The van der Waals surface area contributed by atoms with Gasteiger partial charge < -0.3 is 10.1 Å². The Kier molecular flexibility index (Phi) is 7.00. The number of hydrogen-bond acceptors (Lipinski definition) is 7. The van der Waals surface area contributed by atoms with Gasteiger partial charge in [0.15, 0.2) is 5.11 Å². The molecule has 9 nitrogen and oxygen atoms in total. The monoisotopic (exact) mass is 477 g/mol. The summed E-state index contributed by atoms with van der Waals surface area (Å²) in [7, 11) is -2.47. The molecule has 31 heavy (non-hydrogen) atoms. The summed E-state index contributed by atoms with van der Waals surface area (Å²) >= 11 is 11.1. The number of methoxy groups -OCH3 is 1. The number of aromatic nitrogens is 2. The number of halogens is 1. The minimum atomic E-state index is -3.88. The average Bonchev–Trinajstić information content (AvgIpc) is 2.74. The molecule has 2 aromatic carbocycles. The van der Waals surface area contributed by atoms with Gasteiger partial charge in [0, 0.05) is 11.8 Å². The molecular formula is C19H16ClN5O4S2. The number of hydrogen-bond donors (Lipinski definition) is 3. The van der Waals surface area contributed by atoms with E-state index in [-0.39, 0.29) is 27.3 Å². The first-order valence-corrected chi connectivity index (χ1v) is 10.9. The highest BCUT2D eigenvalue weighted by Crippen LogP contribution is 2.19. The number of nitrogens with one attached hydrogen (secondary N) is 3. The number of sulfonamides is 1. The van der Waals surface area contributed by atoms with E-state index in [1.165, 1.54) is 43.8 Å². The molecule has 1 aromatic heterocycles. The van der Waals surface area contributed by atoms with E-state index in [4.69, 9.17) is 28.6 Å². The van der Waals surface area contributed by atoms with Gasteiger partial charge in [0.05, 0.1) is 22.6 Å². The number of ether oxygens (including phenoxy) is 1. The van der Waals surface area contributed by atoms with Crippen molar-refractivity contribution in [2.75, 3.05) is 17.1 Å². The van der Waals surface area contributed by atoms with E-state index in [1.807, 2.05) is 0 Å². The molecule has 0 unspecified atom stereocenters. The van der Waals surface area contributed by atoms with Crippen molar-refractivity contribution in [3.63, 3.8) is 0 Å². The van der Waals surface area contributed by atoms with Gasteiger partial charge in [-0.2, -0.15) is 0 Å². The number of carbonyl (C=O) groups is 1. The number of carbonyl (C=O) groups excluding carboxylic acids is 1. The molecule has 0 spiro atoms. The third-order valence-corrected chi connectivity index (χ3v) is 5.76. The van der Waals surface area contributed by atoms with Crippen molar-refractivity contribution < 1.29 is 17.9 Å². The Balaban J connectivity index is 1.64. The fraction of sp³-hybridized carbons (Fsp3) is 0.0526. The molecule has 1 heterocycles. The molecule has 0 aliphatic heterocycles. The Morgan fingerprint density at radius 1 is 1.10 bits per heavy atom. The van der Waals surface area contributed by atoms with Gasteiger partial charge in [0.2, 0.25) is 5.88 Å². The molecule has 0 saturated heterocycles. The second-order valence-corrected chi connectivity index (χ2v) is 8.46. The highest BCUT2D eigenvalue weighted by molar-refractivity contribution is 7.92. The van der Waals surface area contributed by atoms with E-state index in [9.17, 15) is 13.2 Å². The molecule has 0 atom stereocenters. The SMILES string of the molecule is COc1cc(NS(=O)(=O)c2ccc(NC(=S)NC(=O)c3ccccc3Cl)cc2)ncn1. The lowest BCUT2D eigenvalue weighted by Gasteiger charge is -2.11. The molecule has 3 N–H and O–H groups in total. The largest absolute Gasteiger partial charge is 0.481 e. The summed E-state index contributed by atoms with van der Waals surface area (Å²) < 4.78 is 32.4. The minimum absolute atomic E-state index is 0.00153. The molecular weight excluding hydrogens is 462 g/mol. The fourth-order valence-corrected chi connectivity index (χ4v) is 3.83. The molecule has 0 bridgehead atoms. The van der Waals surface area contributed by atoms with Gasteiger partial charge >= 0.3 is 0 Å². The Bertz CT molecular complexity index is 1220. The van der Waals surface area contributed by atoms with Gasteiger partial charge in [-0.05, 0) is 48.6 Å². The van der Waals surface area contributed by atoms with Gasteiger partial charge in [0.1, 0.15) is 12.1 Å². The average molecular weight is 478 g/mol. The molecule has 1 amide bonds.